The van der Waals surface area contributed by atoms with Crippen molar-refractivity contribution in [3.8, 4) is 0 Å². The minimum Gasteiger partial charge on any atom is -0.266 e. The van der Waals surface area contributed by atoms with Crippen LogP contribution in [0.3, 0.4) is 0 Å². The molecule has 0 saturated heterocycles. The summed E-state index contributed by atoms with van der Waals surface area (Å²) in [5, 5.41) is 33.1. The van der Waals surface area contributed by atoms with E-state index in [0.717, 1.165) is 12.8 Å². The lowest BCUT2D eigenvalue weighted by Crippen LogP contribution is -2.34. The van der Waals surface area contributed by atoms with Crippen molar-refractivity contribution in [3.05, 3.63) is 0 Å². The van der Waals surface area contributed by atoms with Gasteiger partial charge in [0.25, 0.3) is 0 Å². The highest BCUT2D eigenvalue weighted by Gasteiger charge is 2.25. The minimum absolute atomic E-state index is 0.0888. The van der Waals surface area contributed by atoms with E-state index in [1.165, 1.54) is 0 Å². The summed E-state index contributed by atoms with van der Waals surface area (Å²) in [6, 6.07) is 0. The molecule has 0 aliphatic rings. The molecule has 1 atom stereocenters. The van der Waals surface area contributed by atoms with Crippen LogP contribution in [0.1, 0.15) is 40.0 Å². The van der Waals surface area contributed by atoms with E-state index in [9.17, 15) is 0 Å². The molecule has 0 rings (SSSR count). The van der Waals surface area contributed by atoms with Gasteiger partial charge in [-0.25, -0.2) is 9.68 Å². The van der Waals surface area contributed by atoms with E-state index in [4.69, 9.17) is 20.8 Å². The van der Waals surface area contributed by atoms with Crippen LogP contribution in [0.15, 0.2) is 0 Å². The standard InChI is InChI=1S/C9H22N2O6/c1-4-5-9(2,3)6-8(17-11(14)15)7-16-10(12)13/h8,12-15H,4-7H2,1-3H3/t8-/m1/s1. The Balaban J connectivity index is 4.26. The highest BCUT2D eigenvalue weighted by Crippen LogP contribution is 2.29. The van der Waals surface area contributed by atoms with Crippen molar-refractivity contribution in [1.82, 2.24) is 10.8 Å². The molecule has 0 aromatic heterocycles. The Morgan fingerprint density at radius 2 is 1.71 bits per heavy atom. The van der Waals surface area contributed by atoms with Crippen molar-refractivity contribution in [3.63, 3.8) is 0 Å². The van der Waals surface area contributed by atoms with Crippen molar-refractivity contribution in [2.45, 2.75) is 46.1 Å². The van der Waals surface area contributed by atoms with E-state index in [1.807, 2.05) is 20.8 Å². The van der Waals surface area contributed by atoms with Crippen LogP contribution in [0, 0.1) is 5.41 Å². The van der Waals surface area contributed by atoms with Crippen LogP contribution in [0.5, 0.6) is 0 Å². The van der Waals surface area contributed by atoms with Gasteiger partial charge >= 0.3 is 0 Å². The summed E-state index contributed by atoms with van der Waals surface area (Å²) >= 11 is 0. The fraction of sp³-hybridized carbons (Fsp3) is 1.00. The average Bonchev–Trinajstić information content (AvgIpc) is 2.12. The molecular formula is C9H22N2O6. The molecule has 0 aliphatic carbocycles. The van der Waals surface area contributed by atoms with Crippen LogP contribution in [0.25, 0.3) is 0 Å². The molecule has 8 nitrogen and oxygen atoms in total. The van der Waals surface area contributed by atoms with Gasteiger partial charge in [-0.2, -0.15) is 0 Å². The highest BCUT2D eigenvalue weighted by molar-refractivity contribution is 4.73. The second kappa shape index (κ2) is 7.90. The summed E-state index contributed by atoms with van der Waals surface area (Å²) < 4.78 is 0. The van der Waals surface area contributed by atoms with Gasteiger partial charge < -0.3 is 0 Å². The van der Waals surface area contributed by atoms with Crippen LogP contribution in [0.2, 0.25) is 0 Å². The SMILES string of the molecule is CCCC(C)(C)C[C@H](CON(O)O)ON(O)O. The zero-order valence-corrected chi connectivity index (χ0v) is 10.4. The third-order valence-electron chi connectivity index (χ3n) is 2.33. The number of hydrogen-bond acceptors (Lipinski definition) is 8. The Labute approximate surface area is 100 Å². The molecule has 0 heterocycles. The number of rotatable bonds is 9. The Bertz CT molecular complexity index is 200. The molecular weight excluding hydrogens is 232 g/mol. The van der Waals surface area contributed by atoms with Crippen molar-refractivity contribution in [1.29, 1.82) is 0 Å². The molecule has 0 amide bonds. The molecule has 17 heavy (non-hydrogen) atoms. The molecule has 0 spiro atoms. The molecule has 0 fully saturated rings. The maximum Gasteiger partial charge on any atom is 0.110 e. The first-order valence-corrected chi connectivity index (χ1v) is 5.42. The average molecular weight is 254 g/mol. The lowest BCUT2D eigenvalue weighted by molar-refractivity contribution is -0.528. The normalized spacial score (nSPS) is 14.6. The Morgan fingerprint density at radius 1 is 1.12 bits per heavy atom. The number of nitrogens with zero attached hydrogens (tertiary/aromatic N) is 2. The maximum atomic E-state index is 8.59. The third kappa shape index (κ3) is 9.39. The van der Waals surface area contributed by atoms with E-state index in [-0.39, 0.29) is 12.0 Å². The van der Waals surface area contributed by atoms with Gasteiger partial charge in [0.2, 0.25) is 0 Å². The predicted octanol–water partition coefficient (Wildman–Crippen LogP) is 1.60. The molecule has 0 radical (unpaired) electrons. The van der Waals surface area contributed by atoms with Gasteiger partial charge in [0.15, 0.2) is 0 Å². The summed E-state index contributed by atoms with van der Waals surface area (Å²) in [6.07, 6.45) is 1.65. The Morgan fingerprint density at radius 3 is 2.12 bits per heavy atom. The lowest BCUT2D eigenvalue weighted by atomic mass is 9.82. The van der Waals surface area contributed by atoms with Crippen LogP contribution < -0.4 is 0 Å². The van der Waals surface area contributed by atoms with Gasteiger partial charge in [-0.3, -0.25) is 20.8 Å². The molecule has 0 saturated carbocycles. The van der Waals surface area contributed by atoms with Gasteiger partial charge in [-0.05, 0) is 18.3 Å². The van der Waals surface area contributed by atoms with Gasteiger partial charge in [-0.1, -0.05) is 27.2 Å². The van der Waals surface area contributed by atoms with E-state index in [1.54, 1.807) is 0 Å². The minimum atomic E-state index is -0.714. The topological polar surface area (TPSA) is 106 Å². The Kier molecular flexibility index (Phi) is 7.75. The van der Waals surface area contributed by atoms with Crippen molar-refractivity contribution >= 4 is 0 Å². The van der Waals surface area contributed by atoms with Crippen molar-refractivity contribution in [2.24, 2.45) is 5.41 Å². The first kappa shape index (κ1) is 16.7. The maximum absolute atomic E-state index is 8.59. The molecule has 0 aromatic rings. The fourth-order valence-electron chi connectivity index (χ4n) is 1.80. The van der Waals surface area contributed by atoms with Crippen LogP contribution in [-0.2, 0) is 9.68 Å². The van der Waals surface area contributed by atoms with Gasteiger partial charge in [0.05, 0.1) is 10.8 Å². The summed E-state index contributed by atoms with van der Waals surface area (Å²) in [5.74, 6) is 0. The first-order chi connectivity index (χ1) is 7.76. The highest BCUT2D eigenvalue weighted by atomic mass is 17.1. The second-order valence-electron chi connectivity index (χ2n) is 4.65. The van der Waals surface area contributed by atoms with Crippen LogP contribution in [-0.4, -0.2) is 44.3 Å². The molecule has 104 valence electrons. The number of hydrogen-bond donors (Lipinski definition) is 4. The molecule has 4 N–H and O–H groups in total. The zero-order chi connectivity index (χ0) is 13.5. The van der Waals surface area contributed by atoms with Crippen molar-refractivity contribution < 1.29 is 30.5 Å². The molecule has 0 bridgehead atoms. The van der Waals surface area contributed by atoms with E-state index >= 15 is 0 Å². The quantitative estimate of drug-likeness (QED) is 0.460. The van der Waals surface area contributed by atoms with Gasteiger partial charge in [0.1, 0.15) is 12.7 Å². The molecule has 0 aliphatic heterocycles. The summed E-state index contributed by atoms with van der Waals surface area (Å²) in [7, 11) is 0. The van der Waals surface area contributed by atoms with Crippen LogP contribution in [0.4, 0.5) is 0 Å². The van der Waals surface area contributed by atoms with E-state index in [2.05, 4.69) is 9.68 Å². The first-order valence-electron chi connectivity index (χ1n) is 5.42. The summed E-state index contributed by atoms with van der Waals surface area (Å²) in [4.78, 5) is 9.05. The fourth-order valence-corrected chi connectivity index (χ4v) is 1.80. The lowest BCUT2D eigenvalue weighted by Gasteiger charge is -2.29. The zero-order valence-electron chi connectivity index (χ0n) is 10.4. The molecule has 0 aromatic carbocycles. The summed E-state index contributed by atoms with van der Waals surface area (Å²) in [5.41, 5.74) is -0.0888. The van der Waals surface area contributed by atoms with Crippen LogP contribution >= 0.6 is 0 Å². The molecule has 0 unspecified atom stereocenters. The molecule has 8 heteroatoms. The second-order valence-corrected chi connectivity index (χ2v) is 4.65. The van der Waals surface area contributed by atoms with E-state index in [0.29, 0.717) is 6.42 Å². The van der Waals surface area contributed by atoms with E-state index < -0.39 is 16.9 Å². The Hall–Kier alpha value is -0.320. The monoisotopic (exact) mass is 254 g/mol. The summed E-state index contributed by atoms with van der Waals surface area (Å²) in [6.45, 7) is 5.82. The largest absolute Gasteiger partial charge is 0.266 e. The third-order valence-corrected chi connectivity index (χ3v) is 2.33. The smallest absolute Gasteiger partial charge is 0.110 e. The van der Waals surface area contributed by atoms with Crippen molar-refractivity contribution in [2.75, 3.05) is 6.61 Å². The predicted molar refractivity (Wildman–Crippen MR) is 55.0 cm³/mol. The van der Waals surface area contributed by atoms with Gasteiger partial charge in [0, 0.05) is 0 Å². The van der Waals surface area contributed by atoms with Gasteiger partial charge in [-0.15, -0.1) is 0 Å².